The van der Waals surface area contributed by atoms with Gasteiger partial charge >= 0.3 is 18.3 Å². The van der Waals surface area contributed by atoms with Crippen molar-refractivity contribution in [3.63, 3.8) is 0 Å². The summed E-state index contributed by atoms with van der Waals surface area (Å²) in [4.78, 5) is 23.9. The lowest BCUT2D eigenvalue weighted by molar-refractivity contribution is -0.192. The van der Waals surface area contributed by atoms with Crippen LogP contribution >= 0.6 is 0 Å². The average Bonchev–Trinajstić information content (AvgIpc) is 2.77. The number of rotatable bonds is 5. The highest BCUT2D eigenvalue weighted by Gasteiger charge is 2.38. The lowest BCUT2D eigenvalue weighted by Gasteiger charge is -2.32. The maximum absolute atomic E-state index is 12.8. The van der Waals surface area contributed by atoms with E-state index in [9.17, 15) is 36.2 Å². The second-order valence-electron chi connectivity index (χ2n) is 8.05. The lowest BCUT2D eigenvalue weighted by Crippen LogP contribution is -2.43. The number of carboxylic acid groups (broad SMARTS) is 1. The van der Waals surface area contributed by atoms with E-state index in [1.54, 1.807) is 0 Å². The Morgan fingerprint density at radius 1 is 1.19 bits per heavy atom. The fraction of sp³-hybridized carbons (Fsp3) is 0.524. The number of phenols is 1. The van der Waals surface area contributed by atoms with Gasteiger partial charge in [0.15, 0.2) is 5.82 Å². The molecule has 2 aromatic rings. The first kappa shape index (κ1) is 28.9. The maximum Gasteiger partial charge on any atom is 0.490 e. The van der Waals surface area contributed by atoms with E-state index >= 15 is 0 Å². The molecule has 15 heteroatoms. The molecular formula is C21H25F6N5O4. The van der Waals surface area contributed by atoms with E-state index in [-0.39, 0.29) is 23.2 Å². The van der Waals surface area contributed by atoms with Crippen LogP contribution in [0.25, 0.3) is 11.4 Å². The fourth-order valence-corrected chi connectivity index (χ4v) is 3.57. The quantitative estimate of drug-likeness (QED) is 0.508. The second-order valence-corrected chi connectivity index (χ2v) is 8.05. The van der Waals surface area contributed by atoms with Crippen LogP contribution < -0.4 is 10.9 Å². The average molecular weight is 525 g/mol. The van der Waals surface area contributed by atoms with E-state index in [4.69, 9.17) is 9.90 Å². The van der Waals surface area contributed by atoms with Crippen molar-refractivity contribution in [2.45, 2.75) is 44.6 Å². The molecule has 3 rings (SSSR count). The molecule has 1 atom stereocenters. The Bertz CT molecular complexity index is 1120. The van der Waals surface area contributed by atoms with Crippen molar-refractivity contribution in [3.8, 4) is 17.1 Å². The summed E-state index contributed by atoms with van der Waals surface area (Å²) in [6, 6.07) is 2.59. The molecule has 0 saturated carbocycles. The second kappa shape index (κ2) is 11.6. The van der Waals surface area contributed by atoms with Crippen LogP contribution in [0, 0.1) is 0 Å². The van der Waals surface area contributed by atoms with E-state index in [1.165, 1.54) is 11.6 Å². The minimum atomic E-state index is -5.08. The number of hydrogen-bond acceptors (Lipinski definition) is 7. The number of aromatic nitrogens is 3. The van der Waals surface area contributed by atoms with Crippen LogP contribution in [0.1, 0.15) is 31.7 Å². The molecule has 0 aliphatic carbocycles. The molecule has 2 heterocycles. The van der Waals surface area contributed by atoms with Crippen LogP contribution in [0.4, 0.5) is 32.2 Å². The number of hydrogen-bond donors (Lipinski definition) is 3. The summed E-state index contributed by atoms with van der Waals surface area (Å²) in [6.45, 7) is 4.95. The number of halogens is 6. The Kier molecular flexibility index (Phi) is 9.29. The zero-order chi connectivity index (χ0) is 27.3. The van der Waals surface area contributed by atoms with Crippen molar-refractivity contribution in [1.82, 2.24) is 19.7 Å². The maximum atomic E-state index is 12.8. The Hall–Kier alpha value is -3.36. The summed E-state index contributed by atoms with van der Waals surface area (Å²) >= 11 is 0. The topological polar surface area (TPSA) is 121 Å². The monoisotopic (exact) mass is 525 g/mol. The van der Waals surface area contributed by atoms with Crippen molar-refractivity contribution in [1.29, 1.82) is 0 Å². The molecule has 0 spiro atoms. The smallest absolute Gasteiger partial charge is 0.490 e. The molecule has 0 unspecified atom stereocenters. The zero-order valence-corrected chi connectivity index (χ0v) is 19.3. The van der Waals surface area contributed by atoms with Gasteiger partial charge in [-0.05, 0) is 50.6 Å². The third kappa shape index (κ3) is 7.57. The highest BCUT2D eigenvalue weighted by atomic mass is 19.4. The molecule has 1 fully saturated rings. The van der Waals surface area contributed by atoms with Gasteiger partial charge in [0.05, 0.1) is 11.1 Å². The van der Waals surface area contributed by atoms with E-state index in [0.717, 1.165) is 51.0 Å². The number of alkyl halides is 6. The minimum absolute atomic E-state index is 0.00318. The Morgan fingerprint density at radius 2 is 1.83 bits per heavy atom. The van der Waals surface area contributed by atoms with Gasteiger partial charge in [-0.1, -0.05) is 6.92 Å². The number of likely N-dealkylation sites (tertiary alicyclic amines) is 1. The van der Waals surface area contributed by atoms with Crippen LogP contribution in [0.5, 0.6) is 5.75 Å². The van der Waals surface area contributed by atoms with E-state index < -0.39 is 35.2 Å². The van der Waals surface area contributed by atoms with Crippen LogP contribution in [-0.2, 0) is 18.0 Å². The van der Waals surface area contributed by atoms with Gasteiger partial charge in [-0.2, -0.15) is 26.3 Å². The molecule has 36 heavy (non-hydrogen) atoms. The van der Waals surface area contributed by atoms with Gasteiger partial charge in [0.2, 0.25) is 5.82 Å². The number of nitrogens with zero attached hydrogens (tertiary/aromatic N) is 4. The summed E-state index contributed by atoms with van der Waals surface area (Å²) in [5.41, 5.74) is -1.44. The van der Waals surface area contributed by atoms with Gasteiger partial charge in [0.1, 0.15) is 5.75 Å². The van der Waals surface area contributed by atoms with Crippen molar-refractivity contribution in [2.75, 3.05) is 25.0 Å². The number of piperidine rings is 1. The number of carboxylic acids is 1. The van der Waals surface area contributed by atoms with Crippen LogP contribution in [0.15, 0.2) is 23.0 Å². The highest BCUT2D eigenvalue weighted by Crippen LogP contribution is 2.35. The highest BCUT2D eigenvalue weighted by molar-refractivity contribution is 5.73. The molecule has 1 saturated heterocycles. The predicted molar refractivity (Wildman–Crippen MR) is 116 cm³/mol. The molecule has 1 aromatic heterocycles. The van der Waals surface area contributed by atoms with E-state index in [0.29, 0.717) is 6.07 Å². The van der Waals surface area contributed by atoms with Crippen LogP contribution in [0.2, 0.25) is 0 Å². The third-order valence-corrected chi connectivity index (χ3v) is 5.26. The molecule has 0 bridgehead atoms. The van der Waals surface area contributed by atoms with Gasteiger partial charge in [0.25, 0.3) is 5.56 Å². The molecule has 9 nitrogen and oxygen atoms in total. The van der Waals surface area contributed by atoms with Crippen LogP contribution in [0.3, 0.4) is 0 Å². The first-order valence-electron chi connectivity index (χ1n) is 10.8. The van der Waals surface area contributed by atoms with Gasteiger partial charge in [-0.3, -0.25) is 9.36 Å². The largest absolute Gasteiger partial charge is 0.507 e. The van der Waals surface area contributed by atoms with Crippen molar-refractivity contribution in [2.24, 2.45) is 7.05 Å². The van der Waals surface area contributed by atoms with Crippen LogP contribution in [-0.4, -0.2) is 67.7 Å². The number of aromatic hydroxyl groups is 1. The SMILES string of the molecule is CCCN1CCC[C@@H](Nc2nnc(-c3ccc(C(F)(F)F)cc3O)n(C)c2=O)C1.O=C(O)C(F)(F)F. The predicted octanol–water partition coefficient (Wildman–Crippen LogP) is 3.49. The van der Waals surface area contributed by atoms with Gasteiger partial charge in [-0.25, -0.2) is 4.79 Å². The van der Waals surface area contributed by atoms with Crippen molar-refractivity contribution < 1.29 is 41.4 Å². The van der Waals surface area contributed by atoms with Gasteiger partial charge < -0.3 is 20.4 Å². The Morgan fingerprint density at radius 3 is 2.36 bits per heavy atom. The number of carbonyl (C=O) groups is 1. The number of anilines is 1. The van der Waals surface area contributed by atoms with E-state index in [1.807, 2.05) is 0 Å². The normalized spacial score (nSPS) is 16.7. The zero-order valence-electron chi connectivity index (χ0n) is 19.3. The molecule has 0 radical (unpaired) electrons. The summed E-state index contributed by atoms with van der Waals surface area (Å²) < 4.78 is 71.3. The molecule has 3 N–H and O–H groups in total. The Labute approximate surface area is 201 Å². The molecule has 1 aromatic carbocycles. The lowest BCUT2D eigenvalue weighted by atomic mass is 10.1. The molecular weight excluding hydrogens is 500 g/mol. The van der Waals surface area contributed by atoms with Crippen molar-refractivity contribution in [3.05, 3.63) is 34.1 Å². The summed E-state index contributed by atoms with van der Waals surface area (Å²) in [5.74, 6) is -3.30. The minimum Gasteiger partial charge on any atom is -0.507 e. The molecule has 0 amide bonds. The summed E-state index contributed by atoms with van der Waals surface area (Å²) in [6.07, 6.45) is -6.68. The number of nitrogens with one attached hydrogen (secondary N) is 1. The van der Waals surface area contributed by atoms with E-state index in [2.05, 4.69) is 27.3 Å². The number of phenolic OH excluding ortho intramolecular Hbond substituents is 1. The summed E-state index contributed by atoms with van der Waals surface area (Å²) in [7, 11) is 1.44. The summed E-state index contributed by atoms with van der Waals surface area (Å²) in [5, 5.41) is 28.2. The van der Waals surface area contributed by atoms with Crippen molar-refractivity contribution >= 4 is 11.8 Å². The standard InChI is InChI=1S/C19H24F3N5O2.C2HF3O2/c1-3-8-27-9-4-5-13(11-27)23-16-18(29)26(2)17(25-24-16)14-7-6-12(10-15(14)28)19(20,21)22;3-2(4,5)1(6)7/h6-7,10,13,28H,3-5,8-9,11H2,1-2H3,(H,23,24);(H,6,7)/t13-;/m1./s1. The fourth-order valence-electron chi connectivity index (χ4n) is 3.57. The van der Waals surface area contributed by atoms with Gasteiger partial charge in [-0.15, -0.1) is 10.2 Å². The number of aliphatic carboxylic acids is 1. The third-order valence-electron chi connectivity index (χ3n) is 5.26. The first-order valence-corrected chi connectivity index (χ1v) is 10.8. The Balaban J connectivity index is 0.000000572. The number of benzene rings is 1. The molecule has 1 aliphatic heterocycles. The molecule has 1 aliphatic rings. The first-order chi connectivity index (χ1) is 16.6. The van der Waals surface area contributed by atoms with Gasteiger partial charge in [0, 0.05) is 19.6 Å². The molecule has 200 valence electrons.